The highest BCUT2D eigenvalue weighted by Gasteiger charge is 2.39. The van der Waals surface area contributed by atoms with Crippen LogP contribution in [0.25, 0.3) is 0 Å². The molecule has 0 rings (SSSR count). The zero-order chi connectivity index (χ0) is 9.07. The lowest BCUT2D eigenvalue weighted by Crippen LogP contribution is -2.42. The molecule has 11 heavy (non-hydrogen) atoms. The lowest BCUT2D eigenvalue weighted by atomic mass is 10.2. The molecule has 0 saturated heterocycles. The highest BCUT2D eigenvalue weighted by molar-refractivity contribution is 5.49. The monoisotopic (exact) mass is 168 g/mol. The SMILES string of the molecule is CCC(C)N([C]=O)C(F)(F)F. The summed E-state index contributed by atoms with van der Waals surface area (Å²) in [7, 11) is 0. The molecule has 0 aliphatic rings. The second-order valence-corrected chi connectivity index (χ2v) is 2.19. The van der Waals surface area contributed by atoms with E-state index in [0.717, 1.165) is 6.41 Å². The number of hydrogen-bond donors (Lipinski definition) is 0. The molecule has 65 valence electrons. The number of halogens is 3. The molecule has 0 aliphatic heterocycles. The van der Waals surface area contributed by atoms with E-state index in [-0.39, 0.29) is 11.3 Å². The molecule has 1 unspecified atom stereocenters. The van der Waals surface area contributed by atoms with Crippen LogP contribution in [0.3, 0.4) is 0 Å². The third kappa shape index (κ3) is 2.78. The minimum absolute atomic E-state index is 0.259. The van der Waals surface area contributed by atoms with Crippen LogP contribution in [-0.2, 0) is 4.79 Å². The topological polar surface area (TPSA) is 20.3 Å². The Morgan fingerprint density at radius 3 is 2.09 bits per heavy atom. The Kier molecular flexibility index (Phi) is 3.35. The van der Waals surface area contributed by atoms with Crippen LogP contribution in [0, 0.1) is 0 Å². The Bertz CT molecular complexity index is 134. The highest BCUT2D eigenvalue weighted by atomic mass is 19.4. The summed E-state index contributed by atoms with van der Waals surface area (Å²) in [6.45, 7) is 2.89. The van der Waals surface area contributed by atoms with Gasteiger partial charge in [0.25, 0.3) is 0 Å². The maximum Gasteiger partial charge on any atom is 0.487 e. The Morgan fingerprint density at radius 1 is 1.55 bits per heavy atom. The number of alkyl halides is 3. The van der Waals surface area contributed by atoms with Crippen LogP contribution in [0.1, 0.15) is 20.3 Å². The molecular formula is C6H9F3NO. The van der Waals surface area contributed by atoms with Crippen molar-refractivity contribution < 1.29 is 18.0 Å². The van der Waals surface area contributed by atoms with E-state index in [2.05, 4.69) is 0 Å². The molecule has 0 aromatic heterocycles. The third-order valence-corrected chi connectivity index (χ3v) is 1.40. The Labute approximate surface area is 63.0 Å². The van der Waals surface area contributed by atoms with Gasteiger partial charge in [0, 0.05) is 6.04 Å². The predicted octanol–water partition coefficient (Wildman–Crippen LogP) is 1.67. The Morgan fingerprint density at radius 2 is 2.00 bits per heavy atom. The summed E-state index contributed by atoms with van der Waals surface area (Å²) >= 11 is 0. The lowest BCUT2D eigenvalue weighted by molar-refractivity contribution is -0.227. The Balaban J connectivity index is 4.28. The van der Waals surface area contributed by atoms with Crippen molar-refractivity contribution >= 4 is 6.41 Å². The zero-order valence-electron chi connectivity index (χ0n) is 6.27. The first-order valence-electron chi connectivity index (χ1n) is 3.17. The molecule has 0 heterocycles. The summed E-state index contributed by atoms with van der Waals surface area (Å²) in [4.78, 5) is 9.56. The van der Waals surface area contributed by atoms with Gasteiger partial charge in [-0.15, -0.1) is 13.2 Å². The van der Waals surface area contributed by atoms with E-state index in [1.807, 2.05) is 0 Å². The molecule has 0 fully saturated rings. The molecule has 1 amide bonds. The van der Waals surface area contributed by atoms with Gasteiger partial charge in [-0.1, -0.05) is 6.92 Å². The van der Waals surface area contributed by atoms with Gasteiger partial charge < -0.3 is 0 Å². The number of rotatable bonds is 3. The molecule has 1 radical (unpaired) electrons. The maximum atomic E-state index is 11.8. The fraction of sp³-hybridized carbons (Fsp3) is 0.833. The minimum Gasteiger partial charge on any atom is -0.263 e. The fourth-order valence-corrected chi connectivity index (χ4v) is 0.574. The molecule has 0 saturated carbocycles. The predicted molar refractivity (Wildman–Crippen MR) is 33.3 cm³/mol. The first kappa shape index (κ1) is 10.3. The largest absolute Gasteiger partial charge is 0.487 e. The van der Waals surface area contributed by atoms with Crippen molar-refractivity contribution in [2.75, 3.05) is 0 Å². The molecule has 0 bridgehead atoms. The average molecular weight is 168 g/mol. The van der Waals surface area contributed by atoms with Crippen LogP contribution < -0.4 is 0 Å². The summed E-state index contributed by atoms with van der Waals surface area (Å²) in [6.07, 6.45) is -3.49. The van der Waals surface area contributed by atoms with Crippen LogP contribution in [0.5, 0.6) is 0 Å². The smallest absolute Gasteiger partial charge is 0.263 e. The van der Waals surface area contributed by atoms with Gasteiger partial charge in [-0.3, -0.25) is 4.79 Å². The van der Waals surface area contributed by atoms with Gasteiger partial charge in [-0.2, -0.15) is 0 Å². The zero-order valence-corrected chi connectivity index (χ0v) is 6.27. The summed E-state index contributed by atoms with van der Waals surface area (Å²) in [5, 5.41) is 0. The van der Waals surface area contributed by atoms with Crippen molar-refractivity contribution in [3.05, 3.63) is 0 Å². The van der Waals surface area contributed by atoms with Crippen LogP contribution in [0.4, 0.5) is 13.2 Å². The molecule has 0 spiro atoms. The van der Waals surface area contributed by atoms with Gasteiger partial charge in [0.05, 0.1) is 0 Å². The number of nitrogens with zero attached hydrogens (tertiary/aromatic N) is 1. The van der Waals surface area contributed by atoms with E-state index in [9.17, 15) is 18.0 Å². The molecule has 1 atom stereocenters. The number of amides is 1. The molecular weight excluding hydrogens is 159 g/mol. The van der Waals surface area contributed by atoms with Gasteiger partial charge in [0.1, 0.15) is 0 Å². The van der Waals surface area contributed by atoms with Gasteiger partial charge in [-0.05, 0) is 13.3 Å². The normalized spacial score (nSPS) is 14.3. The molecule has 0 aliphatic carbocycles. The fourth-order valence-electron chi connectivity index (χ4n) is 0.574. The van der Waals surface area contributed by atoms with E-state index in [4.69, 9.17) is 0 Å². The van der Waals surface area contributed by atoms with Gasteiger partial charge in [0.2, 0.25) is 0 Å². The summed E-state index contributed by atoms with van der Waals surface area (Å²) in [5.74, 6) is 0. The van der Waals surface area contributed by atoms with Crippen LogP contribution in [0.2, 0.25) is 0 Å². The summed E-state index contributed by atoms with van der Waals surface area (Å²) < 4.78 is 35.5. The highest BCUT2D eigenvalue weighted by Crippen LogP contribution is 2.22. The van der Waals surface area contributed by atoms with E-state index >= 15 is 0 Å². The van der Waals surface area contributed by atoms with E-state index in [1.54, 1.807) is 6.92 Å². The van der Waals surface area contributed by atoms with E-state index < -0.39 is 12.3 Å². The van der Waals surface area contributed by atoms with E-state index in [0.29, 0.717) is 0 Å². The van der Waals surface area contributed by atoms with Crippen molar-refractivity contribution in [3.8, 4) is 0 Å². The minimum atomic E-state index is -4.60. The number of carbonyl (C=O) groups excluding carboxylic acids is 1. The van der Waals surface area contributed by atoms with Crippen LogP contribution >= 0.6 is 0 Å². The third-order valence-electron chi connectivity index (χ3n) is 1.40. The lowest BCUT2D eigenvalue weighted by Gasteiger charge is -2.24. The standard InChI is InChI=1S/C6H9F3NO/c1-3-5(2)10(4-11)6(7,8)9/h5H,3H2,1-2H3. The van der Waals surface area contributed by atoms with Gasteiger partial charge in [-0.25, -0.2) is 4.90 Å². The van der Waals surface area contributed by atoms with Crippen molar-refractivity contribution in [1.82, 2.24) is 4.90 Å². The van der Waals surface area contributed by atoms with Crippen molar-refractivity contribution in [2.24, 2.45) is 0 Å². The second kappa shape index (κ2) is 3.59. The first-order chi connectivity index (χ1) is 4.93. The maximum absolute atomic E-state index is 11.8. The average Bonchev–Trinajstić information content (AvgIpc) is 1.86. The van der Waals surface area contributed by atoms with Crippen molar-refractivity contribution in [1.29, 1.82) is 0 Å². The molecule has 0 aromatic rings. The van der Waals surface area contributed by atoms with Crippen molar-refractivity contribution in [2.45, 2.75) is 32.6 Å². The summed E-state index contributed by atoms with van der Waals surface area (Å²) in [5.41, 5.74) is 0. The van der Waals surface area contributed by atoms with Gasteiger partial charge >= 0.3 is 12.7 Å². The van der Waals surface area contributed by atoms with E-state index in [1.165, 1.54) is 6.92 Å². The molecule has 5 heteroatoms. The second-order valence-electron chi connectivity index (χ2n) is 2.19. The molecule has 0 N–H and O–H groups in total. The van der Waals surface area contributed by atoms with Crippen LogP contribution in [0.15, 0.2) is 0 Å². The van der Waals surface area contributed by atoms with Crippen molar-refractivity contribution in [3.63, 3.8) is 0 Å². The Hall–Kier alpha value is -0.740. The first-order valence-corrected chi connectivity index (χ1v) is 3.17. The molecule has 0 aromatic carbocycles. The number of hydrogen-bond acceptors (Lipinski definition) is 1. The molecule has 2 nitrogen and oxygen atoms in total. The quantitative estimate of drug-likeness (QED) is 0.463. The summed E-state index contributed by atoms with van der Waals surface area (Å²) in [6, 6.07) is -0.840. The van der Waals surface area contributed by atoms with Gasteiger partial charge in [0.15, 0.2) is 0 Å². The van der Waals surface area contributed by atoms with Crippen LogP contribution in [-0.4, -0.2) is 23.7 Å².